The molecule has 130 valence electrons. The Kier molecular flexibility index (Phi) is 4.77. The molecule has 0 saturated carbocycles. The first-order valence-corrected chi connectivity index (χ1v) is 7.91. The van der Waals surface area contributed by atoms with E-state index in [0.29, 0.717) is 26.1 Å². The van der Waals surface area contributed by atoms with Crippen LogP contribution in [0.25, 0.3) is 0 Å². The second kappa shape index (κ2) is 6.82. The Labute approximate surface area is 138 Å². The van der Waals surface area contributed by atoms with Crippen LogP contribution in [0.15, 0.2) is 18.2 Å². The number of aliphatic hydroxyl groups excluding tert-OH is 1. The molecule has 0 bridgehead atoms. The van der Waals surface area contributed by atoms with Crippen molar-refractivity contribution in [1.29, 1.82) is 0 Å². The maximum Gasteiger partial charge on any atom is 0.259 e. The van der Waals surface area contributed by atoms with Gasteiger partial charge in [0.05, 0.1) is 12.1 Å². The number of rotatable bonds is 2. The molecule has 2 heterocycles. The molecular formula is C16H19F2N3O3. The van der Waals surface area contributed by atoms with Crippen LogP contribution >= 0.6 is 0 Å². The quantitative estimate of drug-likeness (QED) is 0.794. The van der Waals surface area contributed by atoms with E-state index >= 15 is 0 Å². The molecule has 2 fully saturated rings. The smallest absolute Gasteiger partial charge is 0.259 e. The summed E-state index contributed by atoms with van der Waals surface area (Å²) in [4.78, 5) is 27.6. The molecule has 2 N–H and O–H groups in total. The minimum absolute atomic E-state index is 0.115. The first kappa shape index (κ1) is 16.8. The SMILES string of the molecule is O=C(c1c(F)cccc1F)N1CCN(C(=O)C2CC(O)CN2)CC1. The summed E-state index contributed by atoms with van der Waals surface area (Å²) in [6.45, 7) is 1.42. The highest BCUT2D eigenvalue weighted by molar-refractivity contribution is 5.95. The summed E-state index contributed by atoms with van der Waals surface area (Å²) in [6, 6.07) is 2.90. The molecule has 2 atom stereocenters. The van der Waals surface area contributed by atoms with E-state index in [0.717, 1.165) is 12.1 Å². The van der Waals surface area contributed by atoms with Crippen LogP contribution in [0, 0.1) is 11.6 Å². The number of benzene rings is 1. The van der Waals surface area contributed by atoms with Gasteiger partial charge >= 0.3 is 0 Å². The standard InChI is InChI=1S/C16H19F2N3O3/c17-11-2-1-3-12(18)14(11)16(24)21-6-4-20(5-7-21)15(23)13-8-10(22)9-19-13/h1-3,10,13,19,22H,4-9H2. The summed E-state index contributed by atoms with van der Waals surface area (Å²) >= 11 is 0. The van der Waals surface area contributed by atoms with Crippen molar-refractivity contribution in [2.45, 2.75) is 18.6 Å². The topological polar surface area (TPSA) is 72.9 Å². The molecule has 0 aliphatic carbocycles. The Bertz CT molecular complexity index is 627. The lowest BCUT2D eigenvalue weighted by Gasteiger charge is -2.36. The Morgan fingerprint density at radius 2 is 1.67 bits per heavy atom. The van der Waals surface area contributed by atoms with Gasteiger partial charge in [-0.25, -0.2) is 8.78 Å². The molecule has 1 aromatic rings. The molecule has 24 heavy (non-hydrogen) atoms. The van der Waals surface area contributed by atoms with E-state index in [1.807, 2.05) is 0 Å². The van der Waals surface area contributed by atoms with Crippen LogP contribution in [0.3, 0.4) is 0 Å². The molecule has 0 radical (unpaired) electrons. The molecule has 2 aliphatic rings. The number of piperazine rings is 1. The number of amides is 2. The van der Waals surface area contributed by atoms with Gasteiger partial charge in [0.15, 0.2) is 0 Å². The predicted octanol–water partition coefficient (Wildman–Crippen LogP) is -0.0280. The van der Waals surface area contributed by atoms with Crippen LogP contribution in [0.5, 0.6) is 0 Å². The maximum atomic E-state index is 13.7. The Balaban J connectivity index is 1.61. The Hall–Kier alpha value is -2.06. The van der Waals surface area contributed by atoms with Gasteiger partial charge in [-0.3, -0.25) is 9.59 Å². The number of hydrogen-bond donors (Lipinski definition) is 2. The van der Waals surface area contributed by atoms with Gasteiger partial charge in [0.1, 0.15) is 17.2 Å². The summed E-state index contributed by atoms with van der Waals surface area (Å²) in [6.07, 6.45) is -0.149. The predicted molar refractivity (Wildman–Crippen MR) is 81.3 cm³/mol. The van der Waals surface area contributed by atoms with E-state index in [4.69, 9.17) is 0 Å². The summed E-state index contributed by atoms with van der Waals surface area (Å²) in [5.74, 6) is -2.59. The fourth-order valence-electron chi connectivity index (χ4n) is 3.12. The summed E-state index contributed by atoms with van der Waals surface area (Å²) < 4.78 is 27.4. The van der Waals surface area contributed by atoms with Crippen LogP contribution in [-0.4, -0.2) is 71.6 Å². The summed E-state index contributed by atoms with van der Waals surface area (Å²) in [5, 5.41) is 12.4. The normalized spacial score (nSPS) is 24.3. The zero-order valence-electron chi connectivity index (χ0n) is 13.0. The molecule has 1 aromatic carbocycles. The lowest BCUT2D eigenvalue weighted by atomic mass is 10.1. The van der Waals surface area contributed by atoms with Crippen LogP contribution < -0.4 is 5.32 Å². The third kappa shape index (κ3) is 3.25. The molecule has 2 saturated heterocycles. The fraction of sp³-hybridized carbons (Fsp3) is 0.500. The second-order valence-electron chi connectivity index (χ2n) is 6.06. The van der Waals surface area contributed by atoms with Gasteiger partial charge in [0.2, 0.25) is 5.91 Å². The van der Waals surface area contributed by atoms with E-state index in [-0.39, 0.29) is 19.0 Å². The molecule has 0 spiro atoms. The summed E-state index contributed by atoms with van der Waals surface area (Å²) in [7, 11) is 0. The number of nitrogens with zero attached hydrogens (tertiary/aromatic N) is 2. The zero-order valence-corrected chi connectivity index (χ0v) is 13.0. The molecule has 2 amide bonds. The van der Waals surface area contributed by atoms with Crippen molar-refractivity contribution in [2.75, 3.05) is 32.7 Å². The maximum absolute atomic E-state index is 13.7. The van der Waals surface area contributed by atoms with E-state index in [1.54, 1.807) is 4.90 Å². The molecular weight excluding hydrogens is 320 g/mol. The van der Waals surface area contributed by atoms with Gasteiger partial charge in [-0.05, 0) is 18.6 Å². The molecule has 2 unspecified atom stereocenters. The van der Waals surface area contributed by atoms with Gasteiger partial charge in [-0.15, -0.1) is 0 Å². The Morgan fingerprint density at radius 3 is 2.21 bits per heavy atom. The van der Waals surface area contributed by atoms with Crippen molar-refractivity contribution in [2.24, 2.45) is 0 Å². The van der Waals surface area contributed by atoms with Crippen molar-refractivity contribution in [3.05, 3.63) is 35.4 Å². The van der Waals surface area contributed by atoms with Crippen LogP contribution in [-0.2, 0) is 4.79 Å². The minimum Gasteiger partial charge on any atom is -0.392 e. The highest BCUT2D eigenvalue weighted by atomic mass is 19.1. The largest absolute Gasteiger partial charge is 0.392 e. The molecule has 6 nitrogen and oxygen atoms in total. The monoisotopic (exact) mass is 339 g/mol. The molecule has 0 aromatic heterocycles. The zero-order chi connectivity index (χ0) is 17.3. The highest BCUT2D eigenvalue weighted by Gasteiger charge is 2.34. The number of aliphatic hydroxyl groups is 1. The van der Waals surface area contributed by atoms with Gasteiger partial charge < -0.3 is 20.2 Å². The average Bonchev–Trinajstić information content (AvgIpc) is 3.00. The van der Waals surface area contributed by atoms with Gasteiger partial charge in [-0.1, -0.05) is 6.07 Å². The third-order valence-corrected chi connectivity index (χ3v) is 4.46. The van der Waals surface area contributed by atoms with Crippen LogP contribution in [0.2, 0.25) is 0 Å². The number of halogens is 2. The van der Waals surface area contributed by atoms with Crippen molar-refractivity contribution in [3.8, 4) is 0 Å². The highest BCUT2D eigenvalue weighted by Crippen LogP contribution is 2.17. The van der Waals surface area contributed by atoms with E-state index in [2.05, 4.69) is 5.32 Å². The van der Waals surface area contributed by atoms with Gasteiger partial charge in [0.25, 0.3) is 5.91 Å². The van der Waals surface area contributed by atoms with Crippen molar-refractivity contribution in [3.63, 3.8) is 0 Å². The molecule has 8 heteroatoms. The van der Waals surface area contributed by atoms with Gasteiger partial charge in [0, 0.05) is 32.7 Å². The van der Waals surface area contributed by atoms with Crippen molar-refractivity contribution in [1.82, 2.24) is 15.1 Å². The number of carbonyl (C=O) groups excluding carboxylic acids is 2. The van der Waals surface area contributed by atoms with Gasteiger partial charge in [-0.2, -0.15) is 0 Å². The second-order valence-corrected chi connectivity index (χ2v) is 6.06. The number of nitrogens with one attached hydrogen (secondary N) is 1. The first-order valence-electron chi connectivity index (χ1n) is 7.91. The Morgan fingerprint density at radius 1 is 1.08 bits per heavy atom. The van der Waals surface area contributed by atoms with Crippen molar-refractivity contribution < 1.29 is 23.5 Å². The van der Waals surface area contributed by atoms with Crippen LogP contribution in [0.1, 0.15) is 16.8 Å². The van der Waals surface area contributed by atoms with E-state index in [9.17, 15) is 23.5 Å². The average molecular weight is 339 g/mol. The fourth-order valence-corrected chi connectivity index (χ4v) is 3.12. The van der Waals surface area contributed by atoms with Crippen LogP contribution in [0.4, 0.5) is 8.78 Å². The molecule has 2 aliphatic heterocycles. The minimum atomic E-state index is -0.886. The summed E-state index contributed by atoms with van der Waals surface area (Å²) in [5.41, 5.74) is -0.558. The van der Waals surface area contributed by atoms with E-state index in [1.165, 1.54) is 11.0 Å². The lowest BCUT2D eigenvalue weighted by molar-refractivity contribution is -0.134. The number of carbonyl (C=O) groups is 2. The lowest BCUT2D eigenvalue weighted by Crippen LogP contribution is -2.54. The van der Waals surface area contributed by atoms with Crippen molar-refractivity contribution >= 4 is 11.8 Å². The number of β-amino-alcohol motifs (C(OH)–C–C–N with tert-alkyl or cyclic N) is 1. The number of hydrogen-bond acceptors (Lipinski definition) is 4. The third-order valence-electron chi connectivity index (χ3n) is 4.46. The molecule has 3 rings (SSSR count). The first-order chi connectivity index (χ1) is 11.5. The van der Waals surface area contributed by atoms with E-state index < -0.39 is 35.3 Å².